The second-order valence-corrected chi connectivity index (χ2v) is 7.29. The molecule has 0 saturated carbocycles. The highest BCUT2D eigenvalue weighted by Crippen LogP contribution is 2.35. The molecule has 0 saturated heterocycles. The lowest BCUT2D eigenvalue weighted by Crippen LogP contribution is -2.44. The lowest BCUT2D eigenvalue weighted by Gasteiger charge is -2.35. The Balaban J connectivity index is 4.75. The van der Waals surface area contributed by atoms with Gasteiger partial charge in [0.05, 0.1) is 7.11 Å². The van der Waals surface area contributed by atoms with Crippen LogP contribution >= 0.6 is 22.6 Å². The number of hydrogen-bond acceptors (Lipinski definition) is 3. The molecule has 0 aliphatic rings. The van der Waals surface area contributed by atoms with Crippen LogP contribution in [0, 0.1) is 11.3 Å². The average Bonchev–Trinajstić information content (AvgIpc) is 2.15. The number of esters is 1. The molecule has 0 aromatic rings. The zero-order valence-corrected chi connectivity index (χ0v) is 13.8. The van der Waals surface area contributed by atoms with E-state index in [-0.39, 0.29) is 23.3 Å². The number of halogens is 1. The summed E-state index contributed by atoms with van der Waals surface area (Å²) in [6, 6.07) is -0.380. The minimum absolute atomic E-state index is 0.157. The number of hydrogen-bond donors (Lipinski definition) is 0. The van der Waals surface area contributed by atoms with E-state index in [0.717, 1.165) is 6.42 Å². The van der Waals surface area contributed by atoms with Gasteiger partial charge in [0.1, 0.15) is 6.04 Å². The monoisotopic (exact) mass is 351 g/mol. The predicted molar refractivity (Wildman–Crippen MR) is 80.4 cm³/mol. The summed E-state index contributed by atoms with van der Waals surface area (Å²) in [5, 5.41) is 0. The van der Waals surface area contributed by atoms with Gasteiger partial charge in [-0.2, -0.15) is 0 Å². The van der Waals surface area contributed by atoms with E-state index >= 15 is 0 Å². The Bertz CT molecular complexity index is 257. The molecule has 0 aromatic carbocycles. The number of carbonyl (C=O) groups is 1. The molecule has 0 aliphatic carbocycles. The summed E-state index contributed by atoms with van der Waals surface area (Å²) in [4.78, 5) is 13.2. The van der Waals surface area contributed by atoms with Gasteiger partial charge in [-0.3, -0.25) is 4.79 Å². The van der Waals surface area contributed by atoms with Crippen LogP contribution in [0.25, 0.3) is 0 Å². The first-order chi connectivity index (χ1) is 7.63. The van der Waals surface area contributed by atoms with Crippen molar-refractivity contribution >= 4 is 36.5 Å². The normalized spacial score (nSPS) is 17.6. The van der Waals surface area contributed by atoms with E-state index in [4.69, 9.17) is 12.7 Å². The molecule has 2 radical (unpaired) electrons. The Morgan fingerprint density at radius 2 is 1.94 bits per heavy atom. The summed E-state index contributed by atoms with van der Waals surface area (Å²) in [6.07, 6.45) is 0.929. The molecule has 0 aromatic heterocycles. The van der Waals surface area contributed by atoms with Gasteiger partial charge in [-0.05, 0) is 24.8 Å². The summed E-state index contributed by atoms with van der Waals surface area (Å²) < 4.78 is 5.34. The first-order valence-electron chi connectivity index (χ1n) is 5.83. The second kappa shape index (κ2) is 6.97. The van der Waals surface area contributed by atoms with Gasteiger partial charge in [-0.15, -0.1) is 0 Å². The quantitative estimate of drug-likeness (QED) is 0.319. The Morgan fingerprint density at radius 1 is 1.47 bits per heavy atom. The smallest absolute Gasteiger partial charge is 0.322 e. The van der Waals surface area contributed by atoms with E-state index in [9.17, 15) is 4.79 Å². The van der Waals surface area contributed by atoms with Crippen molar-refractivity contribution in [2.75, 3.05) is 14.2 Å². The molecule has 0 heterocycles. The van der Waals surface area contributed by atoms with E-state index < -0.39 is 0 Å². The summed E-state index contributed by atoms with van der Waals surface area (Å²) in [5.41, 5.74) is 0.169. The molecule has 5 heteroatoms. The highest BCUT2D eigenvalue weighted by atomic mass is 127. The summed E-state index contributed by atoms with van der Waals surface area (Å²) in [5.74, 6) is -0.107. The summed E-state index contributed by atoms with van der Waals surface area (Å²) in [6.45, 7) is 8.66. The van der Waals surface area contributed by atoms with Crippen molar-refractivity contribution < 1.29 is 9.53 Å². The molecule has 3 unspecified atom stereocenters. The molecule has 0 amide bonds. The van der Waals surface area contributed by atoms with E-state index in [1.54, 1.807) is 7.05 Å². The van der Waals surface area contributed by atoms with Crippen molar-refractivity contribution in [3.63, 3.8) is 0 Å². The van der Waals surface area contributed by atoms with Gasteiger partial charge >= 0.3 is 5.97 Å². The van der Waals surface area contributed by atoms with Crippen molar-refractivity contribution in [1.29, 1.82) is 0 Å². The number of carbonyl (C=O) groups excluding carboxylic acids is 1. The number of methoxy groups -OCH3 is 1. The molecule has 0 rings (SSSR count). The number of rotatable bonds is 6. The van der Waals surface area contributed by atoms with Crippen molar-refractivity contribution in [2.24, 2.45) is 11.3 Å². The van der Waals surface area contributed by atoms with E-state index in [2.05, 4.69) is 43.4 Å². The van der Waals surface area contributed by atoms with Crippen molar-refractivity contribution in [1.82, 2.24) is 4.81 Å². The van der Waals surface area contributed by atoms with Crippen molar-refractivity contribution in [3.05, 3.63) is 0 Å². The predicted octanol–water partition coefficient (Wildman–Crippen LogP) is 2.42. The topological polar surface area (TPSA) is 29.5 Å². The largest absolute Gasteiger partial charge is 0.468 e. The maximum atomic E-state index is 11.7. The van der Waals surface area contributed by atoms with Crippen LogP contribution in [0.1, 0.15) is 34.1 Å². The van der Waals surface area contributed by atoms with Crippen molar-refractivity contribution in [2.45, 2.75) is 44.1 Å². The third kappa shape index (κ3) is 5.16. The van der Waals surface area contributed by atoms with Gasteiger partial charge in [0.25, 0.3) is 0 Å². The molecule has 98 valence electrons. The molecular weight excluding hydrogens is 328 g/mol. The highest BCUT2D eigenvalue weighted by Gasteiger charge is 2.33. The SMILES string of the molecule is [B]N(C)C(C(=O)OC)C(C)CC(C)(C)C(C)I. The molecule has 3 atom stereocenters. The Morgan fingerprint density at radius 3 is 2.24 bits per heavy atom. The summed E-state index contributed by atoms with van der Waals surface area (Å²) in [7, 11) is 8.85. The number of nitrogens with zero attached hydrogens (tertiary/aromatic N) is 1. The van der Waals surface area contributed by atoms with Crippen molar-refractivity contribution in [3.8, 4) is 0 Å². The third-order valence-electron chi connectivity index (χ3n) is 3.35. The Hall–Kier alpha value is 0.225. The van der Waals surface area contributed by atoms with Gasteiger partial charge in [-0.1, -0.05) is 50.3 Å². The minimum atomic E-state index is -0.380. The molecule has 0 fully saturated rings. The van der Waals surface area contributed by atoms with Crippen LogP contribution in [0.4, 0.5) is 0 Å². The molecule has 0 spiro atoms. The summed E-state index contributed by atoms with van der Waals surface area (Å²) >= 11 is 2.42. The van der Waals surface area contributed by atoms with Crippen LogP contribution in [-0.4, -0.2) is 42.9 Å². The standard InChI is InChI=1S/C12H23BINO2/c1-8(7-12(3,4)9(2)14)10(15(5)13)11(16)17-6/h8-10H,7H2,1-6H3. The minimum Gasteiger partial charge on any atom is -0.468 e. The molecule has 0 bridgehead atoms. The zero-order valence-electron chi connectivity index (χ0n) is 11.7. The van der Waals surface area contributed by atoms with Gasteiger partial charge in [0, 0.05) is 3.92 Å². The molecule has 3 nitrogen and oxygen atoms in total. The first-order valence-corrected chi connectivity index (χ1v) is 7.07. The van der Waals surface area contributed by atoms with Gasteiger partial charge < -0.3 is 9.55 Å². The maximum absolute atomic E-state index is 11.7. The second-order valence-electron chi connectivity index (χ2n) is 5.42. The zero-order chi connectivity index (χ0) is 13.8. The maximum Gasteiger partial charge on any atom is 0.322 e. The van der Waals surface area contributed by atoms with Crippen LogP contribution in [0.3, 0.4) is 0 Å². The fourth-order valence-corrected chi connectivity index (χ4v) is 2.28. The Kier molecular flexibility index (Phi) is 7.06. The number of likely N-dealkylation sites (N-methyl/N-ethyl adjacent to an activating group) is 1. The third-order valence-corrected chi connectivity index (χ3v) is 5.03. The van der Waals surface area contributed by atoms with Gasteiger partial charge in [0.15, 0.2) is 7.98 Å². The van der Waals surface area contributed by atoms with Gasteiger partial charge in [-0.25, -0.2) is 0 Å². The molecule has 0 N–H and O–H groups in total. The van der Waals surface area contributed by atoms with E-state index in [0.29, 0.717) is 3.92 Å². The fourth-order valence-electron chi connectivity index (χ4n) is 2.02. The lowest BCUT2D eigenvalue weighted by molar-refractivity contribution is -0.146. The molecule has 17 heavy (non-hydrogen) atoms. The van der Waals surface area contributed by atoms with E-state index in [1.807, 2.05) is 6.92 Å². The van der Waals surface area contributed by atoms with Crippen LogP contribution in [0.2, 0.25) is 0 Å². The average molecular weight is 351 g/mol. The van der Waals surface area contributed by atoms with Crippen LogP contribution in [-0.2, 0) is 9.53 Å². The Labute approximate surface area is 120 Å². The lowest BCUT2D eigenvalue weighted by atomic mass is 9.78. The number of alkyl halides is 1. The van der Waals surface area contributed by atoms with Crippen LogP contribution in [0.15, 0.2) is 0 Å². The molecular formula is C12H23BINO2. The van der Waals surface area contributed by atoms with Crippen LogP contribution in [0.5, 0.6) is 0 Å². The van der Waals surface area contributed by atoms with E-state index in [1.165, 1.54) is 11.9 Å². The first kappa shape index (κ1) is 17.2. The fraction of sp³-hybridized carbons (Fsp3) is 0.917. The molecule has 0 aliphatic heterocycles. The highest BCUT2D eigenvalue weighted by molar-refractivity contribution is 14.1. The van der Waals surface area contributed by atoms with Crippen LogP contribution < -0.4 is 0 Å². The number of ether oxygens (including phenoxy) is 1. The van der Waals surface area contributed by atoms with Gasteiger partial charge in [0.2, 0.25) is 0 Å².